The Balaban J connectivity index is 1.41. The number of carbonyl (C=O) groups excluding carboxylic acids is 2. The molecule has 0 unspecified atom stereocenters. The number of fused-ring (bicyclic) bond motifs is 1. The summed E-state index contributed by atoms with van der Waals surface area (Å²) >= 11 is 0. The second-order valence-corrected chi connectivity index (χ2v) is 10.9. The van der Waals surface area contributed by atoms with Gasteiger partial charge in [-0.1, -0.05) is 13.8 Å². The first kappa shape index (κ1) is 27.0. The van der Waals surface area contributed by atoms with Gasteiger partial charge in [0.15, 0.2) is 0 Å². The van der Waals surface area contributed by atoms with Crippen molar-refractivity contribution >= 4 is 22.8 Å². The third-order valence-corrected chi connectivity index (χ3v) is 7.85. The first-order valence-corrected chi connectivity index (χ1v) is 13.7. The highest BCUT2D eigenvalue weighted by Crippen LogP contribution is 2.38. The van der Waals surface area contributed by atoms with Gasteiger partial charge >= 0.3 is 0 Å². The zero-order chi connectivity index (χ0) is 27.7. The maximum atomic E-state index is 13.6. The highest BCUT2D eigenvalue weighted by atomic mass is 19.3. The molecule has 1 aromatic carbocycles. The Morgan fingerprint density at radius 1 is 1.15 bits per heavy atom. The van der Waals surface area contributed by atoms with Crippen molar-refractivity contribution in [2.24, 2.45) is 11.8 Å². The molecule has 3 aromatic rings. The van der Waals surface area contributed by atoms with Crippen LogP contribution in [0.4, 0.5) is 8.78 Å². The van der Waals surface area contributed by atoms with Crippen LogP contribution in [0.1, 0.15) is 80.4 Å². The van der Waals surface area contributed by atoms with E-state index in [1.807, 2.05) is 6.92 Å². The Hall–Kier alpha value is -3.56. The van der Waals surface area contributed by atoms with Crippen molar-refractivity contribution in [1.29, 1.82) is 0 Å². The van der Waals surface area contributed by atoms with E-state index in [2.05, 4.69) is 32.5 Å². The minimum atomic E-state index is -2.64. The van der Waals surface area contributed by atoms with Crippen LogP contribution < -0.4 is 15.4 Å². The Labute approximate surface area is 226 Å². The molecule has 2 heterocycles. The molecule has 39 heavy (non-hydrogen) atoms. The van der Waals surface area contributed by atoms with Gasteiger partial charge in [0.05, 0.1) is 17.7 Å². The number of benzene rings is 1. The molecule has 0 spiro atoms. The van der Waals surface area contributed by atoms with Crippen molar-refractivity contribution in [2.45, 2.75) is 77.8 Å². The van der Waals surface area contributed by atoms with Gasteiger partial charge in [0.2, 0.25) is 5.91 Å². The summed E-state index contributed by atoms with van der Waals surface area (Å²) in [5, 5.41) is 6.23. The largest absolute Gasteiger partial charge is 0.493 e. The molecule has 208 valence electrons. The van der Waals surface area contributed by atoms with E-state index in [4.69, 9.17) is 4.74 Å². The normalized spacial score (nSPS) is 21.2. The molecular formula is C29H35F2N5O3. The van der Waals surface area contributed by atoms with Crippen molar-refractivity contribution in [3.05, 3.63) is 41.3 Å². The topological polar surface area (TPSA) is 109 Å². The van der Waals surface area contributed by atoms with Crippen LogP contribution in [0.15, 0.2) is 24.5 Å². The van der Waals surface area contributed by atoms with Crippen molar-refractivity contribution in [1.82, 2.24) is 25.6 Å². The van der Waals surface area contributed by atoms with E-state index < -0.39 is 6.43 Å². The number of nitrogens with one attached hydrogen (secondary N) is 3. The third kappa shape index (κ3) is 5.89. The number of carbonyl (C=O) groups is 2. The number of H-pyrrole nitrogens is 1. The summed E-state index contributed by atoms with van der Waals surface area (Å²) < 4.78 is 33.2. The lowest BCUT2D eigenvalue weighted by Crippen LogP contribution is -2.48. The molecule has 3 atom stereocenters. The molecule has 2 amide bonds. The van der Waals surface area contributed by atoms with Gasteiger partial charge in [0, 0.05) is 35.3 Å². The van der Waals surface area contributed by atoms with Gasteiger partial charge in [0.25, 0.3) is 12.3 Å². The molecule has 3 N–H and O–H groups in total. The quantitative estimate of drug-likeness (QED) is 0.334. The highest BCUT2D eigenvalue weighted by Gasteiger charge is 2.31. The predicted octanol–water partition coefficient (Wildman–Crippen LogP) is 5.47. The van der Waals surface area contributed by atoms with Gasteiger partial charge in [-0.2, -0.15) is 0 Å². The number of aromatic nitrogens is 3. The Kier molecular flexibility index (Phi) is 7.81. The number of ether oxygens (including phenoxy) is 1. The Morgan fingerprint density at radius 3 is 2.64 bits per heavy atom. The van der Waals surface area contributed by atoms with E-state index in [-0.39, 0.29) is 35.4 Å². The maximum Gasteiger partial charge on any atom is 0.263 e. The predicted molar refractivity (Wildman–Crippen MR) is 144 cm³/mol. The standard InChI is InChI=1S/C29H35F2N5O3/c1-4-23(37)36-21-9-8-19(11-15(21)2)35-29(38)24-16(3)34-27-25(32-14-33-26(24)27)20-12-18(28(30)31)7-10-22(20)39-13-17-5-6-17/h7,10,12,14-15,17,19,21,28,34H,4-6,8-9,11,13H2,1-3H3,(H,35,38)(H,36,37)/t15-,19-,21-/m0/s1. The fourth-order valence-corrected chi connectivity index (χ4v) is 5.40. The number of halogens is 2. The average Bonchev–Trinajstić information content (AvgIpc) is 3.68. The lowest BCUT2D eigenvalue weighted by molar-refractivity contribution is -0.122. The lowest BCUT2D eigenvalue weighted by atomic mass is 9.82. The highest BCUT2D eigenvalue weighted by molar-refractivity contribution is 6.09. The summed E-state index contributed by atoms with van der Waals surface area (Å²) in [5.74, 6) is 0.989. The summed E-state index contributed by atoms with van der Waals surface area (Å²) in [5.41, 5.74) is 2.69. The summed E-state index contributed by atoms with van der Waals surface area (Å²) in [4.78, 5) is 37.4. The molecule has 2 fully saturated rings. The van der Waals surface area contributed by atoms with E-state index in [1.54, 1.807) is 13.0 Å². The second-order valence-electron chi connectivity index (χ2n) is 10.9. The number of hydrogen-bond acceptors (Lipinski definition) is 5. The van der Waals surface area contributed by atoms with E-state index >= 15 is 0 Å². The van der Waals surface area contributed by atoms with E-state index in [0.29, 0.717) is 58.2 Å². The van der Waals surface area contributed by atoms with E-state index in [1.165, 1.54) is 18.5 Å². The van der Waals surface area contributed by atoms with E-state index in [9.17, 15) is 18.4 Å². The van der Waals surface area contributed by atoms with Gasteiger partial charge in [-0.3, -0.25) is 9.59 Å². The van der Waals surface area contributed by atoms with Crippen LogP contribution in [0.2, 0.25) is 0 Å². The molecule has 2 aliphatic carbocycles. The van der Waals surface area contributed by atoms with Crippen LogP contribution in [0.25, 0.3) is 22.3 Å². The SMILES string of the molecule is CCC(=O)N[C@H]1CC[C@H](NC(=O)c2c(C)[nH]c3c(-c4cc(C(F)F)ccc4OCC4CC4)ncnc23)C[C@@H]1C. The molecule has 0 bridgehead atoms. The van der Waals surface area contributed by atoms with Gasteiger partial charge < -0.3 is 20.4 Å². The molecule has 2 saturated carbocycles. The van der Waals surface area contributed by atoms with Gasteiger partial charge in [-0.25, -0.2) is 18.7 Å². The molecule has 0 radical (unpaired) electrons. The van der Waals surface area contributed by atoms with Crippen LogP contribution in [0.3, 0.4) is 0 Å². The molecule has 8 nitrogen and oxygen atoms in total. The second kappa shape index (κ2) is 11.3. The first-order chi connectivity index (χ1) is 18.7. The lowest BCUT2D eigenvalue weighted by Gasteiger charge is -2.35. The summed E-state index contributed by atoms with van der Waals surface area (Å²) in [6, 6.07) is 4.42. The number of alkyl halides is 2. The minimum Gasteiger partial charge on any atom is -0.493 e. The number of rotatable bonds is 9. The maximum absolute atomic E-state index is 13.6. The molecular weight excluding hydrogens is 504 g/mol. The van der Waals surface area contributed by atoms with Crippen LogP contribution in [0.5, 0.6) is 5.75 Å². The fraction of sp³-hybridized carbons (Fsp3) is 0.517. The average molecular weight is 540 g/mol. The summed E-state index contributed by atoms with van der Waals surface area (Å²) in [6.45, 7) is 6.24. The number of aromatic amines is 1. The number of amides is 2. The summed E-state index contributed by atoms with van der Waals surface area (Å²) in [6.07, 6.45) is 3.67. The zero-order valence-electron chi connectivity index (χ0n) is 22.5. The summed E-state index contributed by atoms with van der Waals surface area (Å²) in [7, 11) is 0. The van der Waals surface area contributed by atoms with Crippen molar-refractivity contribution in [3.8, 4) is 17.0 Å². The zero-order valence-corrected chi connectivity index (χ0v) is 22.5. The smallest absolute Gasteiger partial charge is 0.263 e. The first-order valence-electron chi connectivity index (χ1n) is 13.7. The molecule has 0 saturated heterocycles. The number of aryl methyl sites for hydroxylation is 1. The minimum absolute atomic E-state index is 0.0295. The fourth-order valence-electron chi connectivity index (χ4n) is 5.40. The van der Waals surface area contributed by atoms with Gasteiger partial charge in [0.1, 0.15) is 23.3 Å². The molecule has 2 aliphatic rings. The van der Waals surface area contributed by atoms with Crippen molar-refractivity contribution in [2.75, 3.05) is 6.61 Å². The Morgan fingerprint density at radius 2 is 1.95 bits per heavy atom. The van der Waals surface area contributed by atoms with Crippen LogP contribution in [0, 0.1) is 18.8 Å². The molecule has 10 heteroatoms. The molecule has 5 rings (SSSR count). The van der Waals surface area contributed by atoms with Crippen LogP contribution in [-0.4, -0.2) is 45.5 Å². The van der Waals surface area contributed by atoms with E-state index in [0.717, 1.165) is 32.1 Å². The molecule has 2 aromatic heterocycles. The number of hydrogen-bond donors (Lipinski definition) is 3. The Bertz CT molecular complexity index is 1370. The van der Waals surface area contributed by atoms with Crippen LogP contribution in [-0.2, 0) is 4.79 Å². The monoisotopic (exact) mass is 539 g/mol. The van der Waals surface area contributed by atoms with Gasteiger partial charge in [-0.05, 0) is 69.1 Å². The molecule has 0 aliphatic heterocycles. The third-order valence-electron chi connectivity index (χ3n) is 7.85. The van der Waals surface area contributed by atoms with Crippen molar-refractivity contribution < 1.29 is 23.1 Å². The van der Waals surface area contributed by atoms with Gasteiger partial charge in [-0.15, -0.1) is 0 Å². The van der Waals surface area contributed by atoms with Crippen molar-refractivity contribution in [3.63, 3.8) is 0 Å². The van der Waals surface area contributed by atoms with Crippen LogP contribution >= 0.6 is 0 Å². The number of nitrogens with zero attached hydrogens (tertiary/aromatic N) is 2.